The second-order valence-corrected chi connectivity index (χ2v) is 10.9. The lowest BCUT2D eigenvalue weighted by Crippen LogP contribution is -2.55. The Labute approximate surface area is 196 Å². The summed E-state index contributed by atoms with van der Waals surface area (Å²) in [5.41, 5.74) is -0.295. The average Bonchev–Trinajstić information content (AvgIpc) is 2.79. The molecule has 0 unspecified atom stereocenters. The van der Waals surface area contributed by atoms with E-state index in [2.05, 4.69) is 5.32 Å². The van der Waals surface area contributed by atoms with E-state index in [1.807, 2.05) is 0 Å². The van der Waals surface area contributed by atoms with Gasteiger partial charge in [0.2, 0.25) is 0 Å². The lowest BCUT2D eigenvalue weighted by atomic mass is 9.67. The first-order chi connectivity index (χ1) is 15.7. The van der Waals surface area contributed by atoms with Crippen LogP contribution in [0.25, 0.3) is 0 Å². The molecule has 0 aromatic heterocycles. The van der Waals surface area contributed by atoms with Gasteiger partial charge in [-0.3, -0.25) is 0 Å². The van der Waals surface area contributed by atoms with Crippen molar-refractivity contribution in [1.82, 2.24) is 5.32 Å². The molecule has 2 aromatic carbocycles. The van der Waals surface area contributed by atoms with E-state index in [0.29, 0.717) is 24.4 Å². The van der Waals surface area contributed by atoms with Crippen LogP contribution in [-0.4, -0.2) is 34.3 Å². The second kappa shape index (κ2) is 9.10. The van der Waals surface area contributed by atoms with Crippen molar-refractivity contribution in [2.45, 2.75) is 35.8 Å². The van der Waals surface area contributed by atoms with Gasteiger partial charge in [-0.25, -0.2) is 22.0 Å². The summed E-state index contributed by atoms with van der Waals surface area (Å²) >= 11 is 5.95. The second-order valence-electron chi connectivity index (χ2n) is 8.28. The van der Waals surface area contributed by atoms with Crippen molar-refractivity contribution in [3.8, 4) is 5.75 Å². The first-order valence-electron chi connectivity index (χ1n) is 10.7. The van der Waals surface area contributed by atoms with Crippen LogP contribution in [0.15, 0.2) is 41.3 Å². The van der Waals surface area contributed by atoms with Crippen molar-refractivity contribution in [2.24, 2.45) is 11.8 Å². The SMILES string of the molecule is CCNC(=O)OC[C@@H]1CCC[C@@]2(S(=O)(=O)c3ccc(Cl)cc3)c3c(F)ccc(F)c3OC[C@@H]12. The Morgan fingerprint density at radius 2 is 1.91 bits per heavy atom. The first kappa shape index (κ1) is 23.8. The zero-order valence-electron chi connectivity index (χ0n) is 17.9. The number of sulfone groups is 1. The highest BCUT2D eigenvalue weighted by molar-refractivity contribution is 7.92. The molecule has 2 aromatic rings. The average molecular weight is 500 g/mol. The molecule has 0 bridgehead atoms. The Bertz CT molecular complexity index is 1160. The minimum absolute atomic E-state index is 0.0429. The maximum absolute atomic E-state index is 15.3. The van der Waals surface area contributed by atoms with E-state index in [9.17, 15) is 17.6 Å². The van der Waals surface area contributed by atoms with Crippen molar-refractivity contribution in [2.75, 3.05) is 19.8 Å². The topological polar surface area (TPSA) is 81.7 Å². The van der Waals surface area contributed by atoms with Crippen LogP contribution in [0, 0.1) is 23.5 Å². The lowest BCUT2D eigenvalue weighted by molar-refractivity contribution is 0.0334. The molecule has 1 aliphatic heterocycles. The smallest absolute Gasteiger partial charge is 0.407 e. The molecule has 178 valence electrons. The Morgan fingerprint density at radius 1 is 1.21 bits per heavy atom. The van der Waals surface area contributed by atoms with Crippen LogP contribution in [0.3, 0.4) is 0 Å². The molecule has 0 radical (unpaired) electrons. The Morgan fingerprint density at radius 3 is 2.61 bits per heavy atom. The summed E-state index contributed by atoms with van der Waals surface area (Å²) in [5.74, 6) is -3.24. The van der Waals surface area contributed by atoms with Crippen LogP contribution in [0.4, 0.5) is 13.6 Å². The normalized spacial score (nSPS) is 24.2. The fourth-order valence-electron chi connectivity index (χ4n) is 5.09. The molecule has 1 heterocycles. The number of hydrogen-bond acceptors (Lipinski definition) is 5. The molecule has 1 aliphatic carbocycles. The van der Waals surface area contributed by atoms with Gasteiger partial charge in [-0.15, -0.1) is 0 Å². The summed E-state index contributed by atoms with van der Waals surface area (Å²) in [6, 6.07) is 7.47. The van der Waals surface area contributed by atoms with Crippen molar-refractivity contribution in [3.63, 3.8) is 0 Å². The fraction of sp³-hybridized carbons (Fsp3) is 0.435. The van der Waals surface area contributed by atoms with E-state index in [4.69, 9.17) is 21.1 Å². The number of halogens is 3. The summed E-state index contributed by atoms with van der Waals surface area (Å²) < 4.78 is 67.4. The van der Waals surface area contributed by atoms with Crippen LogP contribution < -0.4 is 10.1 Å². The molecule has 0 saturated heterocycles. The third kappa shape index (κ3) is 3.95. The first-order valence-corrected chi connectivity index (χ1v) is 12.6. The van der Waals surface area contributed by atoms with Crippen LogP contribution in [0.5, 0.6) is 5.75 Å². The largest absolute Gasteiger partial charge is 0.490 e. The molecule has 4 rings (SSSR count). The summed E-state index contributed by atoms with van der Waals surface area (Å²) in [7, 11) is -4.24. The standard InChI is InChI=1S/C23H24ClF2NO5S/c1-2-27-22(28)32-12-14-4-3-11-23(33(29,30)16-7-5-15(24)6-8-16)17(14)13-31-21-19(26)10-9-18(25)20(21)23/h5-10,14,17H,2-4,11-13H2,1H3,(H,27,28)/t14-,17-,23-/m0/s1. The molecule has 1 N–H and O–H groups in total. The Hall–Kier alpha value is -2.39. The minimum Gasteiger partial charge on any atom is -0.490 e. The number of hydrogen-bond donors (Lipinski definition) is 1. The molecular weight excluding hydrogens is 476 g/mol. The highest BCUT2D eigenvalue weighted by atomic mass is 35.5. The predicted octanol–water partition coefficient (Wildman–Crippen LogP) is 4.84. The number of nitrogens with one attached hydrogen (secondary N) is 1. The van der Waals surface area contributed by atoms with Gasteiger partial charge >= 0.3 is 6.09 Å². The highest BCUT2D eigenvalue weighted by Crippen LogP contribution is 2.58. The molecule has 0 spiro atoms. The Kier molecular flexibility index (Phi) is 6.55. The Balaban J connectivity index is 1.87. The van der Waals surface area contributed by atoms with Crippen LogP contribution in [0.1, 0.15) is 31.7 Å². The van der Waals surface area contributed by atoms with E-state index < -0.39 is 44.1 Å². The maximum atomic E-state index is 15.3. The van der Waals surface area contributed by atoms with E-state index >= 15 is 4.39 Å². The summed E-state index contributed by atoms with van der Waals surface area (Å²) in [5, 5.41) is 2.88. The van der Waals surface area contributed by atoms with Crippen molar-refractivity contribution in [3.05, 3.63) is 58.6 Å². The number of rotatable bonds is 5. The van der Waals surface area contributed by atoms with Gasteiger partial charge in [0.25, 0.3) is 0 Å². The van der Waals surface area contributed by atoms with Crippen LogP contribution >= 0.6 is 11.6 Å². The van der Waals surface area contributed by atoms with E-state index in [0.717, 1.165) is 12.1 Å². The lowest BCUT2D eigenvalue weighted by Gasteiger charge is -2.50. The molecule has 6 nitrogen and oxygen atoms in total. The van der Waals surface area contributed by atoms with Gasteiger partial charge in [0.1, 0.15) is 10.6 Å². The van der Waals surface area contributed by atoms with Gasteiger partial charge < -0.3 is 14.8 Å². The molecule has 2 aliphatic rings. The predicted molar refractivity (Wildman–Crippen MR) is 118 cm³/mol. The molecule has 1 fully saturated rings. The molecule has 33 heavy (non-hydrogen) atoms. The minimum atomic E-state index is -4.24. The van der Waals surface area contributed by atoms with Crippen LogP contribution in [-0.2, 0) is 19.3 Å². The number of alkyl carbamates (subject to hydrolysis) is 1. The molecule has 3 atom stereocenters. The quantitative estimate of drug-likeness (QED) is 0.636. The van der Waals surface area contributed by atoms with Crippen molar-refractivity contribution >= 4 is 27.5 Å². The number of carbonyl (C=O) groups excluding carboxylic acids is 1. The van der Waals surface area contributed by atoms with Crippen molar-refractivity contribution in [1.29, 1.82) is 0 Å². The summed E-state index contributed by atoms with van der Waals surface area (Å²) in [4.78, 5) is 11.8. The van der Waals surface area contributed by atoms with Crippen molar-refractivity contribution < 1.29 is 31.5 Å². The van der Waals surface area contributed by atoms with Gasteiger partial charge in [-0.1, -0.05) is 18.0 Å². The van der Waals surface area contributed by atoms with Gasteiger partial charge in [-0.05, 0) is 56.2 Å². The molecule has 1 amide bonds. The molecular formula is C23H24ClF2NO5S. The number of benzene rings is 2. The zero-order chi connectivity index (χ0) is 23.8. The van der Waals surface area contributed by atoms with Gasteiger partial charge in [-0.2, -0.15) is 0 Å². The number of fused-ring (bicyclic) bond motifs is 3. The number of ether oxygens (including phenoxy) is 2. The zero-order valence-corrected chi connectivity index (χ0v) is 19.5. The highest BCUT2D eigenvalue weighted by Gasteiger charge is 2.61. The monoisotopic (exact) mass is 499 g/mol. The third-order valence-electron chi connectivity index (χ3n) is 6.53. The number of carbonyl (C=O) groups is 1. The van der Waals surface area contributed by atoms with Gasteiger partial charge in [0, 0.05) is 23.4 Å². The van der Waals surface area contributed by atoms with E-state index in [1.54, 1.807) is 6.92 Å². The van der Waals surface area contributed by atoms with E-state index in [-0.39, 0.29) is 35.8 Å². The molecule has 10 heteroatoms. The van der Waals surface area contributed by atoms with Gasteiger partial charge in [0.05, 0.1) is 23.7 Å². The maximum Gasteiger partial charge on any atom is 0.407 e. The fourth-order valence-corrected chi connectivity index (χ4v) is 7.66. The number of amides is 1. The van der Waals surface area contributed by atoms with Gasteiger partial charge in [0.15, 0.2) is 21.4 Å². The summed E-state index contributed by atoms with van der Waals surface area (Å²) in [6.07, 6.45) is 0.431. The summed E-state index contributed by atoms with van der Waals surface area (Å²) in [6.45, 7) is 1.91. The van der Waals surface area contributed by atoms with E-state index in [1.165, 1.54) is 24.3 Å². The molecule has 1 saturated carbocycles. The third-order valence-corrected chi connectivity index (χ3v) is 9.35. The van der Waals surface area contributed by atoms with Crippen LogP contribution in [0.2, 0.25) is 5.02 Å².